The zero-order valence-electron chi connectivity index (χ0n) is 5.29. The molecule has 0 fully saturated rings. The van der Waals surface area contributed by atoms with Gasteiger partial charge in [-0.1, -0.05) is 27.5 Å². The van der Waals surface area contributed by atoms with Gasteiger partial charge in [0.15, 0.2) is 0 Å². The van der Waals surface area contributed by atoms with Crippen molar-refractivity contribution in [1.82, 2.24) is 0 Å². The van der Waals surface area contributed by atoms with Crippen molar-refractivity contribution in [2.45, 2.75) is 6.92 Å². The van der Waals surface area contributed by atoms with Crippen LogP contribution in [0.5, 0.6) is 0 Å². The van der Waals surface area contributed by atoms with E-state index in [0.29, 0.717) is 0 Å². The van der Waals surface area contributed by atoms with Crippen LogP contribution in [0.15, 0.2) is 21.1 Å². The minimum Gasteiger partial charge on any atom is -0.0831 e. The van der Waals surface area contributed by atoms with Crippen molar-refractivity contribution >= 4 is 43.5 Å². The maximum absolute atomic E-state index is 5.84. The minimum absolute atomic E-state index is 0.742. The number of benzene rings is 1. The van der Waals surface area contributed by atoms with Crippen LogP contribution in [-0.2, 0) is 0 Å². The fourth-order valence-electron chi connectivity index (χ4n) is 0.685. The van der Waals surface area contributed by atoms with Gasteiger partial charge < -0.3 is 0 Å². The van der Waals surface area contributed by atoms with E-state index in [4.69, 9.17) is 11.6 Å². The quantitative estimate of drug-likeness (QED) is 0.627. The molecule has 0 atom stereocenters. The second-order valence-corrected chi connectivity index (χ2v) is 4.13. The summed E-state index contributed by atoms with van der Waals surface area (Å²) in [6, 6.07) is 3.87. The van der Waals surface area contributed by atoms with Crippen LogP contribution in [-0.4, -0.2) is 0 Å². The smallest absolute Gasteiger partial charge is 0.0561 e. The summed E-state index contributed by atoms with van der Waals surface area (Å²) in [5.74, 6) is 0. The first kappa shape index (κ1) is 8.57. The van der Waals surface area contributed by atoms with Crippen LogP contribution in [0.1, 0.15) is 5.56 Å². The zero-order valence-corrected chi connectivity index (χ0v) is 9.22. The lowest BCUT2D eigenvalue weighted by Crippen LogP contribution is -1.76. The summed E-state index contributed by atoms with van der Waals surface area (Å²) in [6.07, 6.45) is 0. The van der Waals surface area contributed by atoms with Crippen molar-refractivity contribution in [2.24, 2.45) is 0 Å². The van der Waals surface area contributed by atoms with Gasteiger partial charge in [0.05, 0.1) is 5.02 Å². The fourth-order valence-corrected chi connectivity index (χ4v) is 1.88. The number of aryl methyl sites for hydroxylation is 1. The highest BCUT2D eigenvalue weighted by Crippen LogP contribution is 2.29. The van der Waals surface area contributed by atoms with Gasteiger partial charge in [0.2, 0.25) is 0 Å². The topological polar surface area (TPSA) is 0 Å². The predicted molar refractivity (Wildman–Crippen MR) is 51.6 cm³/mol. The maximum Gasteiger partial charge on any atom is 0.0561 e. The van der Waals surface area contributed by atoms with Gasteiger partial charge in [0.1, 0.15) is 0 Å². The Morgan fingerprint density at radius 1 is 1.30 bits per heavy atom. The zero-order chi connectivity index (χ0) is 7.72. The molecule has 0 aliphatic carbocycles. The second-order valence-electron chi connectivity index (χ2n) is 2.02. The molecule has 0 aliphatic rings. The van der Waals surface area contributed by atoms with Crippen molar-refractivity contribution < 1.29 is 0 Å². The molecule has 0 saturated heterocycles. The Morgan fingerprint density at radius 2 is 1.90 bits per heavy atom. The number of hydrogen-bond acceptors (Lipinski definition) is 0. The molecular weight excluding hydrogens is 279 g/mol. The van der Waals surface area contributed by atoms with E-state index in [0.717, 1.165) is 19.5 Å². The van der Waals surface area contributed by atoms with Gasteiger partial charge in [0, 0.05) is 8.95 Å². The van der Waals surface area contributed by atoms with E-state index in [2.05, 4.69) is 31.9 Å². The third kappa shape index (κ3) is 1.74. The highest BCUT2D eigenvalue weighted by molar-refractivity contribution is 9.11. The highest BCUT2D eigenvalue weighted by atomic mass is 79.9. The normalized spacial score (nSPS) is 10.0. The first-order valence-electron chi connectivity index (χ1n) is 2.72. The van der Waals surface area contributed by atoms with Crippen LogP contribution in [0, 0.1) is 6.92 Å². The molecule has 0 saturated carbocycles. The van der Waals surface area contributed by atoms with Crippen LogP contribution in [0.3, 0.4) is 0 Å². The van der Waals surface area contributed by atoms with Gasteiger partial charge >= 0.3 is 0 Å². The molecule has 1 aromatic rings. The minimum atomic E-state index is 0.742. The summed E-state index contributed by atoms with van der Waals surface area (Å²) in [4.78, 5) is 0. The lowest BCUT2D eigenvalue weighted by atomic mass is 10.2. The van der Waals surface area contributed by atoms with Crippen molar-refractivity contribution in [2.75, 3.05) is 0 Å². The van der Waals surface area contributed by atoms with Gasteiger partial charge in [-0.25, -0.2) is 0 Å². The molecule has 10 heavy (non-hydrogen) atoms. The summed E-state index contributed by atoms with van der Waals surface area (Å²) in [5, 5.41) is 0.742. The Hall–Kier alpha value is 0.470. The monoisotopic (exact) mass is 282 g/mol. The average molecular weight is 284 g/mol. The Kier molecular flexibility index (Phi) is 2.78. The van der Waals surface area contributed by atoms with Gasteiger partial charge in [-0.3, -0.25) is 0 Å². The maximum atomic E-state index is 5.84. The fraction of sp³-hybridized carbons (Fsp3) is 0.143. The van der Waals surface area contributed by atoms with Crippen LogP contribution < -0.4 is 0 Å². The van der Waals surface area contributed by atoms with Gasteiger partial charge in [0.25, 0.3) is 0 Å². The Morgan fingerprint density at radius 3 is 2.40 bits per heavy atom. The molecule has 54 valence electrons. The first-order chi connectivity index (χ1) is 4.61. The summed E-state index contributed by atoms with van der Waals surface area (Å²) < 4.78 is 1.98. The lowest BCUT2D eigenvalue weighted by Gasteiger charge is -2.00. The van der Waals surface area contributed by atoms with Crippen LogP contribution in [0.4, 0.5) is 0 Å². The van der Waals surface area contributed by atoms with Crippen molar-refractivity contribution in [1.29, 1.82) is 0 Å². The lowest BCUT2D eigenvalue weighted by molar-refractivity contribution is 1.41. The molecule has 0 spiro atoms. The van der Waals surface area contributed by atoms with Crippen LogP contribution in [0.25, 0.3) is 0 Å². The third-order valence-electron chi connectivity index (χ3n) is 1.17. The molecule has 3 heteroatoms. The molecule has 1 aromatic carbocycles. The van der Waals surface area contributed by atoms with E-state index in [1.54, 1.807) is 0 Å². The van der Waals surface area contributed by atoms with E-state index < -0.39 is 0 Å². The van der Waals surface area contributed by atoms with Crippen molar-refractivity contribution in [3.8, 4) is 0 Å². The Labute approximate surface area is 81.8 Å². The Balaban J connectivity index is 3.31. The standard InChI is InChI=1S/C7H5Br2Cl/c1-4-2-5(8)3-6(10)7(4)9/h2-3H,1H3. The molecule has 0 amide bonds. The Bertz CT molecular complexity index is 235. The number of hydrogen-bond donors (Lipinski definition) is 0. The predicted octanol–water partition coefficient (Wildman–Crippen LogP) is 4.17. The third-order valence-corrected chi connectivity index (χ3v) is 3.21. The summed E-state index contributed by atoms with van der Waals surface area (Å²) in [7, 11) is 0. The summed E-state index contributed by atoms with van der Waals surface area (Å²) in [5.41, 5.74) is 1.14. The van der Waals surface area contributed by atoms with Crippen molar-refractivity contribution in [3.63, 3.8) is 0 Å². The van der Waals surface area contributed by atoms with E-state index in [1.165, 1.54) is 0 Å². The SMILES string of the molecule is Cc1cc(Br)cc(Cl)c1Br. The summed E-state index contributed by atoms with van der Waals surface area (Å²) >= 11 is 12.5. The van der Waals surface area contributed by atoms with E-state index in [9.17, 15) is 0 Å². The number of rotatable bonds is 0. The van der Waals surface area contributed by atoms with Gasteiger partial charge in [-0.05, 0) is 40.5 Å². The van der Waals surface area contributed by atoms with Gasteiger partial charge in [-0.2, -0.15) is 0 Å². The van der Waals surface area contributed by atoms with E-state index >= 15 is 0 Å². The molecular formula is C7H5Br2Cl. The van der Waals surface area contributed by atoms with Gasteiger partial charge in [-0.15, -0.1) is 0 Å². The van der Waals surface area contributed by atoms with Crippen LogP contribution >= 0.6 is 43.5 Å². The first-order valence-corrected chi connectivity index (χ1v) is 4.69. The molecule has 0 nitrogen and oxygen atoms in total. The van der Waals surface area contributed by atoms with Crippen molar-refractivity contribution in [3.05, 3.63) is 31.7 Å². The summed E-state index contributed by atoms with van der Waals surface area (Å²) in [6.45, 7) is 2.00. The van der Waals surface area contributed by atoms with Crippen LogP contribution in [0.2, 0.25) is 5.02 Å². The van der Waals surface area contributed by atoms with E-state index in [-0.39, 0.29) is 0 Å². The molecule has 0 unspecified atom stereocenters. The molecule has 0 aliphatic heterocycles. The second kappa shape index (κ2) is 3.24. The molecule has 0 radical (unpaired) electrons. The van der Waals surface area contributed by atoms with E-state index in [1.807, 2.05) is 19.1 Å². The molecule has 0 N–H and O–H groups in total. The molecule has 0 heterocycles. The molecule has 0 aromatic heterocycles. The highest BCUT2D eigenvalue weighted by Gasteiger charge is 2.00. The largest absolute Gasteiger partial charge is 0.0831 e. The number of halogens is 3. The molecule has 1 rings (SSSR count). The molecule has 0 bridgehead atoms. The average Bonchev–Trinajstić information content (AvgIpc) is 1.82.